The molecule has 0 spiro atoms. The molecule has 1 aliphatic heterocycles. The first-order chi connectivity index (χ1) is 12.1. The molecule has 0 aromatic heterocycles. The first-order valence-electron chi connectivity index (χ1n) is 8.77. The molecule has 2 aromatic rings. The van der Waals surface area contributed by atoms with Gasteiger partial charge in [-0.2, -0.15) is 0 Å². The lowest BCUT2D eigenvalue weighted by molar-refractivity contribution is -0.138. The molecule has 132 valence electrons. The van der Waals surface area contributed by atoms with E-state index in [1.807, 2.05) is 42.2 Å². The maximum atomic E-state index is 13.2. The molecule has 1 unspecified atom stereocenters. The van der Waals surface area contributed by atoms with E-state index in [0.717, 1.165) is 11.1 Å². The van der Waals surface area contributed by atoms with Gasteiger partial charge in [-0.05, 0) is 49.4 Å². The van der Waals surface area contributed by atoms with Crippen molar-refractivity contribution < 1.29 is 14.3 Å². The number of likely N-dealkylation sites (tertiary alicyclic amines) is 1. The third-order valence-corrected chi connectivity index (χ3v) is 5.34. The molecular weight excluding hydrogens is 317 g/mol. The number of carbonyl (C=O) groups excluding carboxylic acids is 1. The molecular formula is C21H24FNO2. The van der Waals surface area contributed by atoms with Crippen LogP contribution in [0.1, 0.15) is 36.9 Å². The van der Waals surface area contributed by atoms with E-state index in [-0.39, 0.29) is 24.4 Å². The monoisotopic (exact) mass is 341 g/mol. The summed E-state index contributed by atoms with van der Waals surface area (Å²) in [4.78, 5) is 15.2. The number of benzene rings is 2. The van der Waals surface area contributed by atoms with Crippen molar-refractivity contribution in [3.63, 3.8) is 0 Å². The fourth-order valence-corrected chi connectivity index (χ4v) is 3.82. The zero-order valence-electron chi connectivity index (χ0n) is 14.5. The third kappa shape index (κ3) is 3.59. The van der Waals surface area contributed by atoms with Crippen LogP contribution in [0.5, 0.6) is 0 Å². The quantitative estimate of drug-likeness (QED) is 0.870. The van der Waals surface area contributed by atoms with Crippen LogP contribution in [0.25, 0.3) is 0 Å². The number of nitrogens with zero attached hydrogens (tertiary/aromatic N) is 1. The number of rotatable bonds is 6. The second-order valence-corrected chi connectivity index (χ2v) is 6.89. The van der Waals surface area contributed by atoms with Gasteiger partial charge in [0.1, 0.15) is 5.82 Å². The number of aliphatic hydroxyl groups is 1. The van der Waals surface area contributed by atoms with Crippen LogP contribution < -0.4 is 0 Å². The Kier molecular flexibility index (Phi) is 5.19. The summed E-state index contributed by atoms with van der Waals surface area (Å²) in [6.45, 7) is 2.69. The van der Waals surface area contributed by atoms with E-state index in [2.05, 4.69) is 0 Å². The minimum atomic E-state index is -0.602. The van der Waals surface area contributed by atoms with Crippen LogP contribution in [-0.4, -0.2) is 29.1 Å². The maximum absolute atomic E-state index is 13.2. The van der Waals surface area contributed by atoms with Crippen LogP contribution in [0.15, 0.2) is 54.6 Å². The Labute approximate surface area is 148 Å². The zero-order valence-corrected chi connectivity index (χ0v) is 14.5. The molecule has 0 aliphatic carbocycles. The molecule has 3 nitrogen and oxygen atoms in total. The van der Waals surface area contributed by atoms with Gasteiger partial charge < -0.3 is 10.0 Å². The molecule has 3 rings (SSSR count). The molecule has 2 aromatic carbocycles. The summed E-state index contributed by atoms with van der Waals surface area (Å²) in [6, 6.07) is 16.3. The van der Waals surface area contributed by atoms with Crippen molar-refractivity contribution in [2.24, 2.45) is 5.41 Å². The lowest BCUT2D eigenvalue weighted by Crippen LogP contribution is -2.38. The molecule has 2 atom stereocenters. The Hall–Kier alpha value is -2.20. The lowest BCUT2D eigenvalue weighted by Gasteiger charge is -2.30. The van der Waals surface area contributed by atoms with E-state index in [4.69, 9.17) is 0 Å². The molecule has 0 saturated carbocycles. The second kappa shape index (κ2) is 7.36. The predicted octanol–water partition coefficient (Wildman–Crippen LogP) is 3.73. The van der Waals surface area contributed by atoms with Gasteiger partial charge in [-0.3, -0.25) is 4.79 Å². The van der Waals surface area contributed by atoms with Gasteiger partial charge in [-0.1, -0.05) is 42.5 Å². The fourth-order valence-electron chi connectivity index (χ4n) is 3.82. The molecule has 1 N–H and O–H groups in total. The van der Waals surface area contributed by atoms with Gasteiger partial charge in [0.15, 0.2) is 0 Å². The van der Waals surface area contributed by atoms with Gasteiger partial charge in [0.2, 0.25) is 5.91 Å². The van der Waals surface area contributed by atoms with Crippen molar-refractivity contribution in [2.45, 2.75) is 32.2 Å². The van der Waals surface area contributed by atoms with Crippen LogP contribution in [0.4, 0.5) is 4.39 Å². The predicted molar refractivity (Wildman–Crippen MR) is 95.4 cm³/mol. The summed E-state index contributed by atoms with van der Waals surface area (Å²) >= 11 is 0. The van der Waals surface area contributed by atoms with Crippen LogP contribution in [0.3, 0.4) is 0 Å². The van der Waals surface area contributed by atoms with Crippen molar-refractivity contribution in [1.29, 1.82) is 0 Å². The van der Waals surface area contributed by atoms with E-state index >= 15 is 0 Å². The van der Waals surface area contributed by atoms with Crippen molar-refractivity contribution in [3.05, 3.63) is 71.5 Å². The minimum Gasteiger partial charge on any atom is -0.396 e. The number of aliphatic hydroxyl groups excluding tert-OH is 1. The fraction of sp³-hybridized carbons (Fsp3) is 0.381. The Bertz CT molecular complexity index is 716. The molecule has 1 aliphatic rings. The normalized spacial score (nSPS) is 21.6. The highest BCUT2D eigenvalue weighted by Crippen LogP contribution is 2.41. The molecule has 1 amide bonds. The average Bonchev–Trinajstić information content (AvgIpc) is 2.94. The lowest BCUT2D eigenvalue weighted by atomic mass is 9.77. The Morgan fingerprint density at radius 1 is 1.16 bits per heavy atom. The summed E-state index contributed by atoms with van der Waals surface area (Å²) in [5.74, 6) is -0.195. The van der Waals surface area contributed by atoms with Gasteiger partial charge in [-0.15, -0.1) is 0 Å². The maximum Gasteiger partial charge on any atom is 0.229 e. The molecule has 1 saturated heterocycles. The van der Waals surface area contributed by atoms with Gasteiger partial charge in [0.25, 0.3) is 0 Å². The molecule has 25 heavy (non-hydrogen) atoms. The summed E-state index contributed by atoms with van der Waals surface area (Å²) in [7, 11) is 0. The van der Waals surface area contributed by atoms with Crippen molar-refractivity contribution in [1.82, 2.24) is 4.90 Å². The SMILES string of the molecule is C[C@H](c1ccccc1)N1CCC(CCO)(Cc2ccc(F)cc2)C1=O. The van der Waals surface area contributed by atoms with Crippen LogP contribution in [0, 0.1) is 11.2 Å². The van der Waals surface area contributed by atoms with Crippen molar-refractivity contribution in [2.75, 3.05) is 13.2 Å². The summed E-state index contributed by atoms with van der Waals surface area (Å²) in [5, 5.41) is 9.54. The highest BCUT2D eigenvalue weighted by atomic mass is 19.1. The molecule has 4 heteroatoms. The van der Waals surface area contributed by atoms with Gasteiger partial charge in [0, 0.05) is 13.2 Å². The Balaban J connectivity index is 1.83. The number of hydrogen-bond donors (Lipinski definition) is 1. The van der Waals surface area contributed by atoms with E-state index in [9.17, 15) is 14.3 Å². The largest absolute Gasteiger partial charge is 0.396 e. The Morgan fingerprint density at radius 2 is 1.84 bits per heavy atom. The minimum absolute atomic E-state index is 0.00230. The first kappa shape index (κ1) is 17.6. The average molecular weight is 341 g/mol. The number of amides is 1. The topological polar surface area (TPSA) is 40.5 Å². The summed E-state index contributed by atoms with van der Waals surface area (Å²) in [6.07, 6.45) is 1.67. The molecule has 1 fully saturated rings. The standard InChI is InChI=1S/C21H24FNO2/c1-16(18-5-3-2-4-6-18)23-13-11-21(12-14-24,20(23)25)15-17-7-9-19(22)10-8-17/h2-10,16,24H,11-15H2,1H3/t16-,21?/m1/s1. The van der Waals surface area contributed by atoms with E-state index in [1.54, 1.807) is 12.1 Å². The van der Waals surface area contributed by atoms with Crippen LogP contribution in [0.2, 0.25) is 0 Å². The van der Waals surface area contributed by atoms with Crippen molar-refractivity contribution in [3.8, 4) is 0 Å². The van der Waals surface area contributed by atoms with Gasteiger partial charge in [-0.25, -0.2) is 4.39 Å². The highest BCUT2D eigenvalue weighted by molar-refractivity contribution is 5.85. The van der Waals surface area contributed by atoms with E-state index in [0.29, 0.717) is 25.8 Å². The number of carbonyl (C=O) groups is 1. The van der Waals surface area contributed by atoms with Gasteiger partial charge in [0.05, 0.1) is 11.5 Å². The van der Waals surface area contributed by atoms with Crippen LogP contribution >= 0.6 is 0 Å². The molecule has 1 heterocycles. The number of hydrogen-bond acceptors (Lipinski definition) is 2. The van der Waals surface area contributed by atoms with E-state index < -0.39 is 5.41 Å². The Morgan fingerprint density at radius 3 is 2.48 bits per heavy atom. The van der Waals surface area contributed by atoms with Gasteiger partial charge >= 0.3 is 0 Å². The zero-order chi connectivity index (χ0) is 17.9. The summed E-state index contributed by atoms with van der Waals surface area (Å²) < 4.78 is 13.2. The highest BCUT2D eigenvalue weighted by Gasteiger charge is 2.47. The first-order valence-corrected chi connectivity index (χ1v) is 8.77. The van der Waals surface area contributed by atoms with Crippen LogP contribution in [-0.2, 0) is 11.2 Å². The number of halogens is 1. The van der Waals surface area contributed by atoms with Crippen molar-refractivity contribution >= 4 is 5.91 Å². The molecule has 0 radical (unpaired) electrons. The summed E-state index contributed by atoms with van der Waals surface area (Å²) in [5.41, 5.74) is 1.44. The second-order valence-electron chi connectivity index (χ2n) is 6.89. The molecule has 0 bridgehead atoms. The van der Waals surface area contributed by atoms with E-state index in [1.165, 1.54) is 12.1 Å². The third-order valence-electron chi connectivity index (χ3n) is 5.34. The smallest absolute Gasteiger partial charge is 0.229 e.